The quantitative estimate of drug-likeness (QED) is 0.550. The summed E-state index contributed by atoms with van der Waals surface area (Å²) in [7, 11) is -4.39. The number of anilines is 1. The molecule has 0 amide bonds. The van der Waals surface area contributed by atoms with Gasteiger partial charge in [-0.15, -0.1) is 0 Å². The molecule has 0 spiro atoms. The van der Waals surface area contributed by atoms with Crippen molar-refractivity contribution in [1.82, 2.24) is 0 Å². The van der Waals surface area contributed by atoms with Crippen LogP contribution in [0.2, 0.25) is 0 Å². The van der Waals surface area contributed by atoms with Gasteiger partial charge in [-0.2, -0.15) is 8.42 Å². The molecule has 0 aliphatic rings. The fourth-order valence-corrected chi connectivity index (χ4v) is 2.46. The highest BCUT2D eigenvalue weighted by molar-refractivity contribution is 7.86. The maximum atomic E-state index is 11.2. The van der Waals surface area contributed by atoms with Crippen molar-refractivity contribution in [2.24, 2.45) is 0 Å². The third-order valence-corrected chi connectivity index (χ3v) is 3.21. The highest BCUT2D eigenvalue weighted by Gasteiger charge is 2.18. The second kappa shape index (κ2) is 3.75. The zero-order chi connectivity index (χ0) is 11.8. The smallest absolute Gasteiger partial charge is 0.291 e. The van der Waals surface area contributed by atoms with Gasteiger partial charge in [-0.1, -0.05) is 30.3 Å². The fraction of sp³-hybridized carbons (Fsp3) is 0. The summed E-state index contributed by atoms with van der Waals surface area (Å²) in [6, 6.07) is 9.69. The molecule has 2 aromatic carbocycles. The van der Waals surface area contributed by atoms with Gasteiger partial charge in [0.25, 0.3) is 10.1 Å². The minimum atomic E-state index is -4.39. The zero-order valence-corrected chi connectivity index (χ0v) is 8.90. The lowest BCUT2D eigenvalue weighted by atomic mass is 10.1. The zero-order valence-electron chi connectivity index (χ0n) is 8.08. The molecule has 0 aliphatic heterocycles. The Kier molecular flexibility index (Phi) is 2.55. The molecule has 0 aromatic heterocycles. The van der Waals surface area contributed by atoms with Crippen LogP contribution in [0, 0.1) is 0 Å². The van der Waals surface area contributed by atoms with Crippen LogP contribution in [-0.4, -0.2) is 18.2 Å². The van der Waals surface area contributed by atoms with Gasteiger partial charge in [-0.25, -0.2) is 0 Å². The summed E-state index contributed by atoms with van der Waals surface area (Å²) in [6.07, 6.45) is 0. The highest BCUT2D eigenvalue weighted by Crippen LogP contribution is 2.29. The van der Waals surface area contributed by atoms with Gasteiger partial charge in [0.1, 0.15) is 4.90 Å². The summed E-state index contributed by atoms with van der Waals surface area (Å²) >= 11 is 0. The van der Waals surface area contributed by atoms with Crippen molar-refractivity contribution in [2.75, 3.05) is 5.48 Å². The summed E-state index contributed by atoms with van der Waals surface area (Å²) in [5, 5.41) is 9.83. The van der Waals surface area contributed by atoms with E-state index in [0.29, 0.717) is 10.8 Å². The van der Waals surface area contributed by atoms with Crippen LogP contribution in [0.1, 0.15) is 0 Å². The van der Waals surface area contributed by atoms with Crippen LogP contribution in [0.4, 0.5) is 5.69 Å². The molecule has 0 saturated carbocycles. The van der Waals surface area contributed by atoms with Gasteiger partial charge in [0, 0.05) is 5.39 Å². The van der Waals surface area contributed by atoms with E-state index in [9.17, 15) is 8.42 Å². The Morgan fingerprint density at radius 1 is 1.06 bits per heavy atom. The van der Waals surface area contributed by atoms with Crippen LogP contribution in [0.25, 0.3) is 10.8 Å². The first-order valence-corrected chi connectivity index (χ1v) is 5.87. The Morgan fingerprint density at radius 3 is 2.38 bits per heavy atom. The summed E-state index contributed by atoms with van der Waals surface area (Å²) < 4.78 is 31.6. The molecule has 3 N–H and O–H groups in total. The average molecular weight is 239 g/mol. The van der Waals surface area contributed by atoms with Crippen molar-refractivity contribution < 1.29 is 18.2 Å². The largest absolute Gasteiger partial charge is 0.297 e. The molecule has 16 heavy (non-hydrogen) atoms. The van der Waals surface area contributed by atoms with E-state index in [1.807, 2.05) is 0 Å². The van der Waals surface area contributed by atoms with E-state index in [-0.39, 0.29) is 10.6 Å². The molecule has 5 nitrogen and oxygen atoms in total. The van der Waals surface area contributed by atoms with Crippen LogP contribution >= 0.6 is 0 Å². The number of benzene rings is 2. The van der Waals surface area contributed by atoms with Crippen molar-refractivity contribution in [3.63, 3.8) is 0 Å². The maximum absolute atomic E-state index is 11.2. The normalized spacial score (nSPS) is 11.6. The molecule has 0 aliphatic carbocycles. The number of hydrogen-bond donors (Lipinski definition) is 3. The van der Waals surface area contributed by atoms with Crippen LogP contribution in [0.3, 0.4) is 0 Å². The van der Waals surface area contributed by atoms with Gasteiger partial charge in [0.05, 0.1) is 5.69 Å². The molecular formula is C10H9NO4S. The van der Waals surface area contributed by atoms with E-state index in [1.165, 1.54) is 6.07 Å². The van der Waals surface area contributed by atoms with Gasteiger partial charge < -0.3 is 0 Å². The monoisotopic (exact) mass is 239 g/mol. The fourth-order valence-electron chi connectivity index (χ4n) is 1.61. The molecule has 0 radical (unpaired) electrons. The molecule has 84 valence electrons. The van der Waals surface area contributed by atoms with Gasteiger partial charge in [-0.3, -0.25) is 15.2 Å². The summed E-state index contributed by atoms with van der Waals surface area (Å²) in [6.45, 7) is 0. The molecular weight excluding hydrogens is 230 g/mol. The second-order valence-corrected chi connectivity index (χ2v) is 4.61. The Labute approximate surface area is 92.0 Å². The van der Waals surface area contributed by atoms with E-state index >= 15 is 0 Å². The summed E-state index contributed by atoms with van der Waals surface area (Å²) in [5.74, 6) is 0. The van der Waals surface area contributed by atoms with Crippen molar-refractivity contribution in [2.45, 2.75) is 4.90 Å². The van der Waals surface area contributed by atoms with Gasteiger partial charge >= 0.3 is 0 Å². The first-order chi connectivity index (χ1) is 7.54. The van der Waals surface area contributed by atoms with Crippen molar-refractivity contribution in [1.29, 1.82) is 0 Å². The lowest BCUT2D eigenvalue weighted by Gasteiger charge is -2.08. The molecule has 0 bridgehead atoms. The van der Waals surface area contributed by atoms with Crippen molar-refractivity contribution in [3.05, 3.63) is 36.4 Å². The van der Waals surface area contributed by atoms with E-state index in [1.54, 1.807) is 35.8 Å². The minimum Gasteiger partial charge on any atom is -0.291 e. The van der Waals surface area contributed by atoms with Crippen LogP contribution in [0.5, 0.6) is 0 Å². The summed E-state index contributed by atoms with van der Waals surface area (Å²) in [4.78, 5) is -0.326. The second-order valence-electron chi connectivity index (χ2n) is 3.25. The standard InChI is InChI=1S/C10H9NO4S/c12-11-9-6-5-7-3-1-2-4-8(7)10(9)16(13,14)15/h1-6,11-12H,(H,13,14,15). The Balaban J connectivity index is 2.95. The number of nitrogens with one attached hydrogen (secondary N) is 1. The van der Waals surface area contributed by atoms with Gasteiger partial charge in [0.15, 0.2) is 0 Å². The third kappa shape index (κ3) is 1.73. The molecule has 0 fully saturated rings. The van der Waals surface area contributed by atoms with Crippen molar-refractivity contribution in [3.8, 4) is 0 Å². The SMILES string of the molecule is O=S(=O)(O)c1c(NO)ccc2ccccc12. The molecule has 0 saturated heterocycles. The lowest BCUT2D eigenvalue weighted by Crippen LogP contribution is -2.04. The van der Waals surface area contributed by atoms with Gasteiger partial charge in [-0.05, 0) is 11.5 Å². The number of fused-ring (bicyclic) bond motifs is 1. The summed E-state index contributed by atoms with van der Waals surface area (Å²) in [5.41, 5.74) is 1.70. The van der Waals surface area contributed by atoms with Gasteiger partial charge in [0.2, 0.25) is 0 Å². The average Bonchev–Trinajstić information content (AvgIpc) is 2.26. The predicted molar refractivity (Wildman–Crippen MR) is 59.2 cm³/mol. The Morgan fingerprint density at radius 2 is 1.75 bits per heavy atom. The Hall–Kier alpha value is -1.63. The molecule has 6 heteroatoms. The number of rotatable bonds is 2. The molecule has 0 atom stereocenters. The lowest BCUT2D eigenvalue weighted by molar-refractivity contribution is 0.386. The highest BCUT2D eigenvalue weighted by atomic mass is 32.2. The van der Waals surface area contributed by atoms with E-state index in [2.05, 4.69) is 0 Å². The maximum Gasteiger partial charge on any atom is 0.297 e. The predicted octanol–water partition coefficient (Wildman–Crippen LogP) is 1.89. The van der Waals surface area contributed by atoms with Crippen LogP contribution in [-0.2, 0) is 10.1 Å². The topological polar surface area (TPSA) is 86.6 Å². The molecule has 0 unspecified atom stereocenters. The van der Waals surface area contributed by atoms with Crippen molar-refractivity contribution >= 4 is 26.6 Å². The molecule has 2 rings (SSSR count). The Bertz CT molecular complexity index is 636. The van der Waals surface area contributed by atoms with E-state index in [4.69, 9.17) is 9.76 Å². The van der Waals surface area contributed by atoms with Crippen LogP contribution < -0.4 is 5.48 Å². The molecule has 0 heterocycles. The van der Waals surface area contributed by atoms with Crippen LogP contribution in [0.15, 0.2) is 41.3 Å². The molecule has 2 aromatic rings. The van der Waals surface area contributed by atoms with E-state index in [0.717, 1.165) is 0 Å². The first kappa shape index (κ1) is 10.9. The third-order valence-electron chi connectivity index (χ3n) is 2.26. The number of hydrogen-bond acceptors (Lipinski definition) is 4. The van der Waals surface area contributed by atoms with E-state index < -0.39 is 10.1 Å². The first-order valence-electron chi connectivity index (χ1n) is 4.43. The minimum absolute atomic E-state index is 0.0544.